The second kappa shape index (κ2) is 10.3. The number of nitrogens with zero attached hydrogens (tertiary/aromatic N) is 5. The summed E-state index contributed by atoms with van der Waals surface area (Å²) in [5.74, 6) is -4.36. The number of H-pyrrole nitrogens is 1. The third kappa shape index (κ3) is 5.45. The van der Waals surface area contributed by atoms with Crippen molar-refractivity contribution in [1.82, 2.24) is 30.1 Å². The number of alkyl halides is 3. The predicted molar refractivity (Wildman–Crippen MR) is 122 cm³/mol. The van der Waals surface area contributed by atoms with Gasteiger partial charge in [0.2, 0.25) is 0 Å². The van der Waals surface area contributed by atoms with Crippen molar-refractivity contribution in [2.45, 2.75) is 19.1 Å². The number of carboxylic acids is 1. The van der Waals surface area contributed by atoms with Crippen LogP contribution in [0.1, 0.15) is 18.5 Å². The number of aliphatic carboxylic acids is 1. The summed E-state index contributed by atoms with van der Waals surface area (Å²) < 4.78 is 74.7. The van der Waals surface area contributed by atoms with Gasteiger partial charge in [0.25, 0.3) is 0 Å². The molecule has 3 aromatic heterocycles. The SMILES string of the molecule is CC(Nc1ncnc2[nH]cnc12)c1cc(F)c2ccnnc2c1-c1cc(F)cc(F)c1.O=C(O)C(F)(F)F. The zero-order chi connectivity index (χ0) is 27.6. The lowest BCUT2D eigenvalue weighted by Gasteiger charge is -2.20. The molecule has 2 aromatic carbocycles. The van der Waals surface area contributed by atoms with Crippen molar-refractivity contribution >= 4 is 33.9 Å². The number of hydrogen-bond acceptors (Lipinski definition) is 7. The molecule has 0 saturated carbocycles. The molecule has 0 fully saturated rings. The van der Waals surface area contributed by atoms with Crippen LogP contribution in [0, 0.1) is 17.5 Å². The van der Waals surface area contributed by atoms with Gasteiger partial charge in [0.05, 0.1) is 18.6 Å². The average molecular weight is 535 g/mol. The molecule has 0 aliphatic heterocycles. The highest BCUT2D eigenvalue weighted by atomic mass is 19.4. The van der Waals surface area contributed by atoms with Crippen molar-refractivity contribution in [1.29, 1.82) is 0 Å². The number of aromatic nitrogens is 6. The number of benzene rings is 2. The average Bonchev–Trinajstić information content (AvgIpc) is 3.33. The summed E-state index contributed by atoms with van der Waals surface area (Å²) in [5, 5.41) is 18.4. The van der Waals surface area contributed by atoms with Crippen LogP contribution in [0.15, 0.2) is 49.2 Å². The van der Waals surface area contributed by atoms with Crippen molar-refractivity contribution in [2.75, 3.05) is 5.32 Å². The maximum absolute atomic E-state index is 14.9. The number of carboxylic acid groups (broad SMARTS) is 1. The van der Waals surface area contributed by atoms with Gasteiger partial charge in [0, 0.05) is 17.0 Å². The van der Waals surface area contributed by atoms with Crippen molar-refractivity contribution in [2.24, 2.45) is 0 Å². The number of hydrogen-bond donors (Lipinski definition) is 3. The lowest BCUT2D eigenvalue weighted by Crippen LogP contribution is -2.21. The summed E-state index contributed by atoms with van der Waals surface area (Å²) in [4.78, 5) is 24.3. The first-order valence-corrected chi connectivity index (χ1v) is 10.6. The Bertz CT molecular complexity index is 1620. The van der Waals surface area contributed by atoms with Crippen molar-refractivity contribution in [3.63, 3.8) is 0 Å². The minimum atomic E-state index is -5.08. The Morgan fingerprint density at radius 2 is 1.71 bits per heavy atom. The van der Waals surface area contributed by atoms with Crippen LogP contribution in [0.2, 0.25) is 0 Å². The molecule has 196 valence electrons. The molecule has 5 aromatic rings. The van der Waals surface area contributed by atoms with E-state index < -0.39 is 35.6 Å². The Morgan fingerprint density at radius 1 is 1.03 bits per heavy atom. The van der Waals surface area contributed by atoms with Crippen LogP contribution in [0.3, 0.4) is 0 Å². The lowest BCUT2D eigenvalue weighted by molar-refractivity contribution is -0.192. The van der Waals surface area contributed by atoms with Gasteiger partial charge in [-0.1, -0.05) is 0 Å². The Labute approximate surface area is 208 Å². The first-order valence-electron chi connectivity index (χ1n) is 10.6. The fourth-order valence-corrected chi connectivity index (χ4v) is 3.63. The molecule has 3 N–H and O–H groups in total. The van der Waals surface area contributed by atoms with E-state index in [1.165, 1.54) is 43.1 Å². The molecule has 0 saturated heterocycles. The third-order valence-corrected chi connectivity index (χ3v) is 5.22. The van der Waals surface area contributed by atoms with E-state index in [0.29, 0.717) is 28.1 Å². The van der Waals surface area contributed by atoms with Crippen LogP contribution < -0.4 is 5.32 Å². The Balaban J connectivity index is 0.000000426. The molecule has 3 heterocycles. The molecule has 0 amide bonds. The van der Waals surface area contributed by atoms with Gasteiger partial charge in [0.1, 0.15) is 34.8 Å². The number of anilines is 1. The van der Waals surface area contributed by atoms with E-state index in [-0.39, 0.29) is 16.5 Å². The maximum atomic E-state index is 14.9. The predicted octanol–water partition coefficient (Wildman–Crippen LogP) is 5.19. The van der Waals surface area contributed by atoms with Crippen LogP contribution in [-0.2, 0) is 4.79 Å². The monoisotopic (exact) mass is 535 g/mol. The summed E-state index contributed by atoms with van der Waals surface area (Å²) in [5.41, 5.74) is 2.26. The molecule has 1 atom stereocenters. The molecular weight excluding hydrogens is 520 g/mol. The zero-order valence-corrected chi connectivity index (χ0v) is 19.1. The minimum absolute atomic E-state index is 0.197. The molecular formula is C23H15F6N7O2. The molecule has 0 spiro atoms. The highest BCUT2D eigenvalue weighted by Crippen LogP contribution is 2.37. The van der Waals surface area contributed by atoms with Gasteiger partial charge in [-0.3, -0.25) is 0 Å². The van der Waals surface area contributed by atoms with Gasteiger partial charge in [-0.05, 0) is 42.3 Å². The summed E-state index contributed by atoms with van der Waals surface area (Å²) in [6.07, 6.45) is -0.871. The van der Waals surface area contributed by atoms with Gasteiger partial charge in [-0.25, -0.2) is 32.9 Å². The van der Waals surface area contributed by atoms with E-state index in [0.717, 1.165) is 6.07 Å². The fraction of sp³-hybridized carbons (Fsp3) is 0.130. The molecule has 5 rings (SSSR count). The third-order valence-electron chi connectivity index (χ3n) is 5.22. The largest absolute Gasteiger partial charge is 0.490 e. The standard InChI is InChI=1S/C21H14F3N7.C2HF3O2/c1-10(30-21-19-20(26-8-25-19)27-9-28-21)15-7-16(24)14-2-3-29-31-18(14)17(15)11-4-12(22)6-13(23)5-11;3-2(4,5)1(6)7/h2-10H,1H3,(H2,25,26,27,28,30);(H,6,7). The van der Waals surface area contributed by atoms with Gasteiger partial charge < -0.3 is 15.4 Å². The van der Waals surface area contributed by atoms with E-state index in [2.05, 4.69) is 35.5 Å². The summed E-state index contributed by atoms with van der Waals surface area (Å²) >= 11 is 0. The second-order valence-electron chi connectivity index (χ2n) is 7.77. The van der Waals surface area contributed by atoms with Crippen LogP contribution in [0.5, 0.6) is 0 Å². The van der Waals surface area contributed by atoms with E-state index in [1.54, 1.807) is 6.92 Å². The molecule has 0 aliphatic rings. The van der Waals surface area contributed by atoms with Gasteiger partial charge in [-0.2, -0.15) is 18.3 Å². The van der Waals surface area contributed by atoms with Crippen LogP contribution in [0.25, 0.3) is 33.2 Å². The number of imidazole rings is 1. The lowest BCUT2D eigenvalue weighted by atomic mass is 9.92. The van der Waals surface area contributed by atoms with Crippen LogP contribution in [-0.4, -0.2) is 47.4 Å². The molecule has 9 nitrogen and oxygen atoms in total. The molecule has 0 radical (unpaired) electrons. The Kier molecular flexibility index (Phi) is 7.10. The number of halogens is 6. The number of nitrogens with one attached hydrogen (secondary N) is 2. The quantitative estimate of drug-likeness (QED) is 0.268. The second-order valence-corrected chi connectivity index (χ2v) is 7.77. The molecule has 15 heteroatoms. The van der Waals surface area contributed by atoms with Crippen LogP contribution in [0.4, 0.5) is 32.2 Å². The summed E-state index contributed by atoms with van der Waals surface area (Å²) in [6, 6.07) is 5.39. The Hall–Kier alpha value is -4.82. The number of aromatic amines is 1. The van der Waals surface area contributed by atoms with Gasteiger partial charge >= 0.3 is 12.1 Å². The van der Waals surface area contributed by atoms with Gasteiger partial charge in [0.15, 0.2) is 11.5 Å². The fourth-order valence-electron chi connectivity index (χ4n) is 3.63. The molecule has 0 bridgehead atoms. The zero-order valence-electron chi connectivity index (χ0n) is 19.1. The van der Waals surface area contributed by atoms with E-state index in [4.69, 9.17) is 9.90 Å². The van der Waals surface area contributed by atoms with Gasteiger partial charge in [-0.15, -0.1) is 5.10 Å². The molecule has 38 heavy (non-hydrogen) atoms. The van der Waals surface area contributed by atoms with Crippen molar-refractivity contribution < 1.29 is 36.2 Å². The van der Waals surface area contributed by atoms with E-state index >= 15 is 0 Å². The highest BCUT2D eigenvalue weighted by molar-refractivity contribution is 5.96. The first-order chi connectivity index (χ1) is 18.0. The van der Waals surface area contributed by atoms with E-state index in [9.17, 15) is 26.3 Å². The summed E-state index contributed by atoms with van der Waals surface area (Å²) in [7, 11) is 0. The smallest absolute Gasteiger partial charge is 0.475 e. The van der Waals surface area contributed by atoms with Crippen molar-refractivity contribution in [3.8, 4) is 11.1 Å². The molecule has 1 unspecified atom stereocenters. The highest BCUT2D eigenvalue weighted by Gasteiger charge is 2.38. The molecule has 0 aliphatic carbocycles. The maximum Gasteiger partial charge on any atom is 0.490 e. The van der Waals surface area contributed by atoms with Crippen molar-refractivity contribution in [3.05, 3.63) is 72.2 Å². The Morgan fingerprint density at radius 3 is 2.37 bits per heavy atom. The number of rotatable bonds is 4. The number of carbonyl (C=O) groups is 1. The minimum Gasteiger partial charge on any atom is -0.475 e. The first kappa shape index (κ1) is 26.2. The van der Waals surface area contributed by atoms with Crippen LogP contribution >= 0.6 is 0 Å². The number of fused-ring (bicyclic) bond motifs is 2. The van der Waals surface area contributed by atoms with E-state index in [1.807, 2.05) is 0 Å². The topological polar surface area (TPSA) is 130 Å². The normalized spacial score (nSPS) is 12.2. The summed E-state index contributed by atoms with van der Waals surface area (Å²) in [6.45, 7) is 1.77.